The van der Waals surface area contributed by atoms with E-state index in [1.54, 1.807) is 0 Å². The van der Waals surface area contributed by atoms with Crippen molar-refractivity contribution in [2.45, 2.75) is 52.2 Å². The number of hydrogen-bond acceptors (Lipinski definition) is 2. The van der Waals surface area contributed by atoms with E-state index in [2.05, 4.69) is 28.2 Å². The van der Waals surface area contributed by atoms with E-state index >= 15 is 0 Å². The number of hydrogen-bond donors (Lipinski definition) is 1. The van der Waals surface area contributed by atoms with Gasteiger partial charge in [-0.3, -0.25) is 0 Å². The topological polar surface area (TPSA) is 21.3 Å². The molecular weight excluding hydrogens is 340 g/mol. The minimum absolute atomic E-state index is 0.0438. The number of nitrogens with one attached hydrogen (secondary N) is 1. The Morgan fingerprint density at radius 2 is 1.95 bits per heavy atom. The van der Waals surface area contributed by atoms with Gasteiger partial charge in [0.05, 0.1) is 10.6 Å². The molecule has 0 aliphatic rings. The van der Waals surface area contributed by atoms with Gasteiger partial charge in [0, 0.05) is 18.2 Å². The summed E-state index contributed by atoms with van der Waals surface area (Å²) in [6.45, 7) is 7.32. The molecule has 2 atom stereocenters. The molecule has 1 N–H and O–H groups in total. The van der Waals surface area contributed by atoms with Gasteiger partial charge in [-0.2, -0.15) is 0 Å². The van der Waals surface area contributed by atoms with E-state index in [0.29, 0.717) is 6.61 Å². The van der Waals surface area contributed by atoms with Crippen molar-refractivity contribution in [3.05, 3.63) is 33.8 Å². The SMILES string of the molecule is CCCC(OCC)C(Cc1c(F)ccc(Br)c1F)NCC. The monoisotopic (exact) mass is 363 g/mol. The lowest BCUT2D eigenvalue weighted by Crippen LogP contribution is -2.43. The van der Waals surface area contributed by atoms with Crippen LogP contribution in [0.2, 0.25) is 0 Å². The summed E-state index contributed by atoms with van der Waals surface area (Å²) in [5, 5.41) is 3.30. The molecule has 120 valence electrons. The predicted molar refractivity (Wildman–Crippen MR) is 85.5 cm³/mol. The summed E-state index contributed by atoms with van der Waals surface area (Å²) in [6.07, 6.45) is 2.06. The van der Waals surface area contributed by atoms with Crippen molar-refractivity contribution in [2.75, 3.05) is 13.2 Å². The second kappa shape index (κ2) is 9.49. The molecule has 0 radical (unpaired) electrons. The van der Waals surface area contributed by atoms with Crippen LogP contribution in [-0.4, -0.2) is 25.3 Å². The molecule has 0 spiro atoms. The Kier molecular flexibility index (Phi) is 8.37. The number of benzene rings is 1. The van der Waals surface area contributed by atoms with E-state index in [4.69, 9.17) is 4.74 Å². The van der Waals surface area contributed by atoms with Crippen LogP contribution in [0, 0.1) is 11.6 Å². The van der Waals surface area contributed by atoms with Crippen LogP contribution in [0.1, 0.15) is 39.2 Å². The van der Waals surface area contributed by atoms with E-state index in [-0.39, 0.29) is 28.6 Å². The number of halogens is 3. The van der Waals surface area contributed by atoms with Gasteiger partial charge >= 0.3 is 0 Å². The predicted octanol–water partition coefficient (Wildman–Crippen LogP) is 4.45. The Morgan fingerprint density at radius 3 is 2.52 bits per heavy atom. The number of rotatable bonds is 9. The average molecular weight is 364 g/mol. The van der Waals surface area contributed by atoms with Gasteiger partial charge in [-0.15, -0.1) is 0 Å². The highest BCUT2D eigenvalue weighted by Crippen LogP contribution is 2.24. The first kappa shape index (κ1) is 18.5. The van der Waals surface area contributed by atoms with Gasteiger partial charge in [-0.1, -0.05) is 20.3 Å². The minimum Gasteiger partial charge on any atom is -0.377 e. The molecule has 1 aromatic carbocycles. The standard InChI is InChI=1S/C16H24BrF2NO/c1-4-7-15(21-6-3)14(20-5-2)10-11-13(18)9-8-12(17)16(11)19/h8-9,14-15,20H,4-7,10H2,1-3H3. The summed E-state index contributed by atoms with van der Waals surface area (Å²) in [7, 11) is 0. The normalized spacial score (nSPS) is 14.2. The van der Waals surface area contributed by atoms with Gasteiger partial charge in [0.1, 0.15) is 11.6 Å². The number of ether oxygens (including phenoxy) is 1. The van der Waals surface area contributed by atoms with Crippen molar-refractivity contribution in [1.82, 2.24) is 5.32 Å². The second-order valence-corrected chi connectivity index (χ2v) is 5.83. The fraction of sp³-hybridized carbons (Fsp3) is 0.625. The van der Waals surface area contributed by atoms with E-state index in [0.717, 1.165) is 19.4 Å². The molecule has 1 aromatic rings. The van der Waals surface area contributed by atoms with Crippen LogP contribution in [0.15, 0.2) is 16.6 Å². The third-order valence-corrected chi connectivity index (χ3v) is 4.04. The molecule has 2 nitrogen and oxygen atoms in total. The van der Waals surface area contributed by atoms with E-state index in [1.165, 1.54) is 12.1 Å². The van der Waals surface area contributed by atoms with Gasteiger partial charge in [-0.25, -0.2) is 8.78 Å². The first-order valence-electron chi connectivity index (χ1n) is 7.52. The van der Waals surface area contributed by atoms with Crippen molar-refractivity contribution < 1.29 is 13.5 Å². The Labute approximate surface area is 134 Å². The van der Waals surface area contributed by atoms with E-state index < -0.39 is 11.6 Å². The molecule has 0 saturated heterocycles. The van der Waals surface area contributed by atoms with Crippen molar-refractivity contribution in [1.29, 1.82) is 0 Å². The Bertz CT molecular complexity index is 437. The lowest BCUT2D eigenvalue weighted by atomic mass is 9.97. The maximum absolute atomic E-state index is 14.1. The molecule has 0 bridgehead atoms. The van der Waals surface area contributed by atoms with Crippen LogP contribution < -0.4 is 5.32 Å². The van der Waals surface area contributed by atoms with Crippen LogP contribution >= 0.6 is 15.9 Å². The molecule has 21 heavy (non-hydrogen) atoms. The summed E-state index contributed by atoms with van der Waals surface area (Å²) < 4.78 is 34.1. The van der Waals surface area contributed by atoms with Crippen LogP contribution in [-0.2, 0) is 11.2 Å². The first-order chi connectivity index (χ1) is 10.0. The third-order valence-electron chi connectivity index (χ3n) is 3.43. The Hall–Kier alpha value is -0.520. The van der Waals surface area contributed by atoms with Gasteiger partial charge in [0.2, 0.25) is 0 Å². The maximum Gasteiger partial charge on any atom is 0.143 e. The second-order valence-electron chi connectivity index (χ2n) is 4.97. The summed E-state index contributed by atoms with van der Waals surface area (Å²) in [4.78, 5) is 0. The molecule has 0 amide bonds. The zero-order valence-corrected chi connectivity index (χ0v) is 14.5. The van der Waals surface area contributed by atoms with Crippen LogP contribution in [0.4, 0.5) is 8.78 Å². The highest BCUT2D eigenvalue weighted by atomic mass is 79.9. The smallest absolute Gasteiger partial charge is 0.143 e. The average Bonchev–Trinajstić information content (AvgIpc) is 2.46. The fourth-order valence-corrected chi connectivity index (χ4v) is 2.84. The van der Waals surface area contributed by atoms with E-state index in [9.17, 15) is 8.78 Å². The first-order valence-corrected chi connectivity index (χ1v) is 8.31. The number of likely N-dealkylation sites (N-methyl/N-ethyl adjacent to an activating group) is 1. The highest BCUT2D eigenvalue weighted by Gasteiger charge is 2.24. The third kappa shape index (κ3) is 5.31. The molecular formula is C16H24BrF2NO. The Morgan fingerprint density at radius 1 is 1.24 bits per heavy atom. The fourth-order valence-electron chi connectivity index (χ4n) is 2.47. The van der Waals surface area contributed by atoms with Crippen LogP contribution in [0.25, 0.3) is 0 Å². The molecule has 1 rings (SSSR count). The van der Waals surface area contributed by atoms with Crippen molar-refractivity contribution >= 4 is 15.9 Å². The quantitative estimate of drug-likeness (QED) is 0.654. The van der Waals surface area contributed by atoms with Crippen LogP contribution in [0.5, 0.6) is 0 Å². The molecule has 0 fully saturated rings. The molecule has 0 aromatic heterocycles. The molecule has 0 aliphatic carbocycles. The van der Waals surface area contributed by atoms with Crippen molar-refractivity contribution in [3.8, 4) is 0 Å². The van der Waals surface area contributed by atoms with Crippen molar-refractivity contribution in [2.24, 2.45) is 0 Å². The summed E-state index contributed by atoms with van der Waals surface area (Å²) in [6, 6.07) is 2.58. The van der Waals surface area contributed by atoms with Gasteiger partial charge in [0.25, 0.3) is 0 Å². The zero-order valence-electron chi connectivity index (χ0n) is 12.9. The summed E-state index contributed by atoms with van der Waals surface area (Å²) in [5.74, 6) is -1.03. The molecule has 0 heterocycles. The molecule has 5 heteroatoms. The molecule has 2 unspecified atom stereocenters. The maximum atomic E-state index is 14.1. The largest absolute Gasteiger partial charge is 0.377 e. The van der Waals surface area contributed by atoms with Crippen LogP contribution in [0.3, 0.4) is 0 Å². The Balaban J connectivity index is 2.99. The highest BCUT2D eigenvalue weighted by molar-refractivity contribution is 9.10. The summed E-state index contributed by atoms with van der Waals surface area (Å²) >= 11 is 3.11. The summed E-state index contributed by atoms with van der Waals surface area (Å²) in [5.41, 5.74) is 0.108. The van der Waals surface area contributed by atoms with Gasteiger partial charge in [0.15, 0.2) is 0 Å². The molecule has 0 aliphatic heterocycles. The zero-order chi connectivity index (χ0) is 15.8. The minimum atomic E-state index is -0.523. The lowest BCUT2D eigenvalue weighted by molar-refractivity contribution is 0.0282. The van der Waals surface area contributed by atoms with Gasteiger partial charge < -0.3 is 10.1 Å². The van der Waals surface area contributed by atoms with Gasteiger partial charge in [-0.05, 0) is 54.4 Å². The molecule has 0 saturated carbocycles. The van der Waals surface area contributed by atoms with Crippen molar-refractivity contribution in [3.63, 3.8) is 0 Å². The lowest BCUT2D eigenvalue weighted by Gasteiger charge is -2.28. The van der Waals surface area contributed by atoms with E-state index in [1.807, 2.05) is 13.8 Å².